The molecule has 0 atom stereocenters. The van der Waals surface area contributed by atoms with Gasteiger partial charge in [-0.15, -0.1) is 0 Å². The summed E-state index contributed by atoms with van der Waals surface area (Å²) in [5, 5.41) is 2.79. The highest BCUT2D eigenvalue weighted by Gasteiger charge is 1.95. The van der Waals surface area contributed by atoms with Crippen LogP contribution < -0.4 is 5.32 Å². The Hall–Kier alpha value is -1.57. The molecule has 0 unspecified atom stereocenters. The Kier molecular flexibility index (Phi) is 3.92. The number of rotatable bonds is 3. The maximum absolute atomic E-state index is 11.1. The lowest BCUT2D eigenvalue weighted by atomic mass is 10.1. The molecule has 0 bridgehead atoms. The molecule has 0 fully saturated rings. The predicted octanol–water partition coefficient (Wildman–Crippen LogP) is 2.19. The van der Waals surface area contributed by atoms with Crippen LogP contribution in [0, 0.1) is 6.92 Å². The van der Waals surface area contributed by atoms with Gasteiger partial charge < -0.3 is 5.32 Å². The van der Waals surface area contributed by atoms with E-state index in [1.807, 2.05) is 38.1 Å². The summed E-state index contributed by atoms with van der Waals surface area (Å²) in [5.41, 5.74) is 2.35. The monoisotopic (exact) mass is 189 g/mol. The fourth-order valence-electron chi connectivity index (χ4n) is 1.11. The van der Waals surface area contributed by atoms with Crippen molar-refractivity contribution < 1.29 is 4.79 Å². The molecular weight excluding hydrogens is 174 g/mol. The Morgan fingerprint density at radius 3 is 2.57 bits per heavy atom. The SMILES string of the molecule is C/C=C/C(=O)NCc1ccc(C)cc1. The van der Waals surface area contributed by atoms with E-state index >= 15 is 0 Å². The van der Waals surface area contributed by atoms with Crippen molar-refractivity contribution in [2.75, 3.05) is 0 Å². The van der Waals surface area contributed by atoms with Crippen molar-refractivity contribution in [1.82, 2.24) is 5.32 Å². The van der Waals surface area contributed by atoms with Gasteiger partial charge in [-0.2, -0.15) is 0 Å². The van der Waals surface area contributed by atoms with Crippen LogP contribution in [0.4, 0.5) is 0 Å². The van der Waals surface area contributed by atoms with Crippen LogP contribution in [0.2, 0.25) is 0 Å². The lowest BCUT2D eigenvalue weighted by molar-refractivity contribution is -0.116. The highest BCUT2D eigenvalue weighted by molar-refractivity contribution is 5.87. The molecule has 0 aliphatic heterocycles. The molecule has 2 nitrogen and oxygen atoms in total. The maximum atomic E-state index is 11.1. The van der Waals surface area contributed by atoms with Gasteiger partial charge in [0.15, 0.2) is 0 Å². The van der Waals surface area contributed by atoms with Crippen LogP contribution in [-0.4, -0.2) is 5.91 Å². The van der Waals surface area contributed by atoms with Gasteiger partial charge >= 0.3 is 0 Å². The van der Waals surface area contributed by atoms with Gasteiger partial charge in [-0.3, -0.25) is 4.79 Å². The molecule has 14 heavy (non-hydrogen) atoms. The van der Waals surface area contributed by atoms with Crippen molar-refractivity contribution in [1.29, 1.82) is 0 Å². The Morgan fingerprint density at radius 2 is 2.00 bits per heavy atom. The van der Waals surface area contributed by atoms with Gasteiger partial charge in [0.05, 0.1) is 0 Å². The molecule has 2 heteroatoms. The molecule has 74 valence electrons. The molecule has 0 saturated heterocycles. The van der Waals surface area contributed by atoms with E-state index in [1.54, 1.807) is 6.08 Å². The second kappa shape index (κ2) is 5.22. The average Bonchev–Trinajstić information content (AvgIpc) is 2.17. The summed E-state index contributed by atoms with van der Waals surface area (Å²) < 4.78 is 0. The quantitative estimate of drug-likeness (QED) is 0.725. The van der Waals surface area contributed by atoms with Crippen LogP contribution >= 0.6 is 0 Å². The number of amides is 1. The molecule has 1 N–H and O–H groups in total. The summed E-state index contributed by atoms with van der Waals surface area (Å²) in [6, 6.07) is 8.12. The number of hydrogen-bond acceptors (Lipinski definition) is 1. The summed E-state index contributed by atoms with van der Waals surface area (Å²) in [5.74, 6) is -0.0481. The third kappa shape index (κ3) is 3.44. The van der Waals surface area contributed by atoms with E-state index in [9.17, 15) is 4.79 Å². The third-order valence-corrected chi connectivity index (χ3v) is 1.91. The second-order valence-electron chi connectivity index (χ2n) is 3.20. The van der Waals surface area contributed by atoms with Gasteiger partial charge in [-0.1, -0.05) is 35.9 Å². The van der Waals surface area contributed by atoms with E-state index in [2.05, 4.69) is 5.32 Å². The summed E-state index contributed by atoms with van der Waals surface area (Å²) in [6.45, 7) is 4.46. The smallest absolute Gasteiger partial charge is 0.243 e. The standard InChI is InChI=1S/C12H15NO/c1-3-4-12(14)13-9-11-7-5-10(2)6-8-11/h3-8H,9H2,1-2H3,(H,13,14)/b4-3+. The molecule has 0 radical (unpaired) electrons. The van der Waals surface area contributed by atoms with Gasteiger partial charge in [0.25, 0.3) is 0 Å². The number of nitrogens with one attached hydrogen (secondary N) is 1. The van der Waals surface area contributed by atoms with E-state index in [0.29, 0.717) is 6.54 Å². The highest BCUT2D eigenvalue weighted by atomic mass is 16.1. The van der Waals surface area contributed by atoms with Gasteiger partial charge in [-0.25, -0.2) is 0 Å². The van der Waals surface area contributed by atoms with Crippen LogP contribution in [0.5, 0.6) is 0 Å². The third-order valence-electron chi connectivity index (χ3n) is 1.91. The molecular formula is C12H15NO. The summed E-state index contributed by atoms with van der Waals surface area (Å²) in [6.07, 6.45) is 3.25. The maximum Gasteiger partial charge on any atom is 0.243 e. The lowest BCUT2D eigenvalue weighted by Gasteiger charge is -2.02. The Bertz CT molecular complexity index is 325. The van der Waals surface area contributed by atoms with Gasteiger partial charge in [0.1, 0.15) is 0 Å². The molecule has 1 rings (SSSR count). The number of hydrogen-bond donors (Lipinski definition) is 1. The second-order valence-corrected chi connectivity index (χ2v) is 3.20. The number of aryl methyl sites for hydroxylation is 1. The summed E-state index contributed by atoms with van der Waals surface area (Å²) in [4.78, 5) is 11.1. The first-order valence-electron chi connectivity index (χ1n) is 4.68. The zero-order valence-corrected chi connectivity index (χ0v) is 8.58. The van der Waals surface area contributed by atoms with E-state index in [0.717, 1.165) is 5.56 Å². The average molecular weight is 189 g/mol. The van der Waals surface area contributed by atoms with Crippen LogP contribution in [0.15, 0.2) is 36.4 Å². The van der Waals surface area contributed by atoms with E-state index in [1.165, 1.54) is 11.6 Å². The zero-order chi connectivity index (χ0) is 10.4. The Morgan fingerprint density at radius 1 is 1.36 bits per heavy atom. The van der Waals surface area contributed by atoms with Crippen molar-refractivity contribution in [3.8, 4) is 0 Å². The minimum absolute atomic E-state index is 0.0481. The minimum Gasteiger partial charge on any atom is -0.348 e. The van der Waals surface area contributed by atoms with Crippen molar-refractivity contribution in [3.63, 3.8) is 0 Å². The van der Waals surface area contributed by atoms with Crippen molar-refractivity contribution in [2.24, 2.45) is 0 Å². The molecule has 0 spiro atoms. The topological polar surface area (TPSA) is 29.1 Å². The van der Waals surface area contributed by atoms with Crippen molar-refractivity contribution in [2.45, 2.75) is 20.4 Å². The Labute approximate surface area is 84.6 Å². The fraction of sp³-hybridized carbons (Fsp3) is 0.250. The first kappa shape index (κ1) is 10.5. The van der Waals surface area contributed by atoms with E-state index in [4.69, 9.17) is 0 Å². The summed E-state index contributed by atoms with van der Waals surface area (Å²) >= 11 is 0. The number of benzene rings is 1. The molecule has 0 aromatic heterocycles. The van der Waals surface area contributed by atoms with Crippen LogP contribution in [0.25, 0.3) is 0 Å². The molecule has 1 aromatic carbocycles. The molecule has 1 amide bonds. The predicted molar refractivity (Wildman–Crippen MR) is 57.8 cm³/mol. The van der Waals surface area contributed by atoms with Gasteiger partial charge in [-0.05, 0) is 25.5 Å². The zero-order valence-electron chi connectivity index (χ0n) is 8.58. The largest absolute Gasteiger partial charge is 0.348 e. The van der Waals surface area contributed by atoms with Crippen molar-refractivity contribution in [3.05, 3.63) is 47.5 Å². The van der Waals surface area contributed by atoms with E-state index in [-0.39, 0.29) is 5.91 Å². The Balaban J connectivity index is 2.46. The number of allylic oxidation sites excluding steroid dienone is 1. The normalized spacial score (nSPS) is 10.4. The molecule has 0 saturated carbocycles. The fourth-order valence-corrected chi connectivity index (χ4v) is 1.11. The summed E-state index contributed by atoms with van der Waals surface area (Å²) in [7, 11) is 0. The molecule has 0 aliphatic rings. The number of carbonyl (C=O) groups excluding carboxylic acids is 1. The van der Waals surface area contributed by atoms with Crippen LogP contribution in [0.1, 0.15) is 18.1 Å². The van der Waals surface area contributed by atoms with E-state index < -0.39 is 0 Å². The highest BCUT2D eigenvalue weighted by Crippen LogP contribution is 2.02. The van der Waals surface area contributed by atoms with Gasteiger partial charge in [0, 0.05) is 6.54 Å². The minimum atomic E-state index is -0.0481. The van der Waals surface area contributed by atoms with Crippen molar-refractivity contribution >= 4 is 5.91 Å². The lowest BCUT2D eigenvalue weighted by Crippen LogP contribution is -2.20. The van der Waals surface area contributed by atoms with Gasteiger partial charge in [0.2, 0.25) is 5.91 Å². The van der Waals surface area contributed by atoms with Crippen LogP contribution in [-0.2, 0) is 11.3 Å². The van der Waals surface area contributed by atoms with Crippen LogP contribution in [0.3, 0.4) is 0 Å². The molecule has 1 aromatic rings. The first-order valence-corrected chi connectivity index (χ1v) is 4.68. The molecule has 0 aliphatic carbocycles. The first-order chi connectivity index (χ1) is 6.72. The number of carbonyl (C=O) groups is 1. The molecule has 0 heterocycles.